The number of piperazine rings is 1. The summed E-state index contributed by atoms with van der Waals surface area (Å²) >= 11 is 0. The number of aryl methyl sites for hydroxylation is 1. The minimum atomic E-state index is 0.589. The number of nitrogens with one attached hydrogen (secondary N) is 1. The molecule has 1 aliphatic rings. The first-order valence-corrected chi connectivity index (χ1v) is 8.68. The Labute approximate surface area is 145 Å². The summed E-state index contributed by atoms with van der Waals surface area (Å²) in [6.45, 7) is 8.18. The molecule has 0 bridgehead atoms. The van der Waals surface area contributed by atoms with Crippen LogP contribution < -0.4 is 10.1 Å². The first-order chi connectivity index (χ1) is 11.8. The van der Waals surface area contributed by atoms with Crippen LogP contribution in [0.4, 0.5) is 0 Å². The fourth-order valence-electron chi connectivity index (χ4n) is 2.82. The normalized spacial score (nSPS) is 15.7. The Balaban J connectivity index is 1.45. The van der Waals surface area contributed by atoms with E-state index in [4.69, 9.17) is 4.74 Å². The number of ether oxygens (including phenoxy) is 1. The van der Waals surface area contributed by atoms with E-state index in [1.807, 2.05) is 12.1 Å². The lowest BCUT2D eigenvalue weighted by Gasteiger charge is -2.27. The molecule has 0 atom stereocenters. The molecule has 126 valence electrons. The van der Waals surface area contributed by atoms with Crippen molar-refractivity contribution in [3.05, 3.63) is 71.3 Å². The van der Waals surface area contributed by atoms with Crippen molar-refractivity contribution in [3.8, 4) is 5.75 Å². The van der Waals surface area contributed by atoms with Gasteiger partial charge in [0.25, 0.3) is 0 Å². The van der Waals surface area contributed by atoms with Crippen LogP contribution in [0.25, 0.3) is 6.08 Å². The quantitative estimate of drug-likeness (QED) is 0.881. The van der Waals surface area contributed by atoms with E-state index in [1.165, 1.54) is 16.7 Å². The van der Waals surface area contributed by atoms with Gasteiger partial charge in [0.2, 0.25) is 0 Å². The summed E-state index contributed by atoms with van der Waals surface area (Å²) in [6.07, 6.45) is 4.17. The molecule has 1 aliphatic heterocycles. The van der Waals surface area contributed by atoms with Crippen LogP contribution in [0.3, 0.4) is 0 Å². The van der Waals surface area contributed by atoms with E-state index in [2.05, 4.69) is 65.7 Å². The van der Waals surface area contributed by atoms with Gasteiger partial charge >= 0.3 is 0 Å². The summed E-state index contributed by atoms with van der Waals surface area (Å²) in [5, 5.41) is 3.39. The Kier molecular flexibility index (Phi) is 6.05. The molecule has 0 aromatic heterocycles. The van der Waals surface area contributed by atoms with Crippen molar-refractivity contribution in [1.29, 1.82) is 0 Å². The second kappa shape index (κ2) is 8.67. The van der Waals surface area contributed by atoms with Crippen molar-refractivity contribution in [2.75, 3.05) is 32.8 Å². The van der Waals surface area contributed by atoms with Gasteiger partial charge in [0.15, 0.2) is 0 Å². The third-order valence-electron chi connectivity index (χ3n) is 4.27. The van der Waals surface area contributed by atoms with Gasteiger partial charge in [0.05, 0.1) is 0 Å². The number of hydrogen-bond acceptors (Lipinski definition) is 3. The third kappa shape index (κ3) is 5.22. The number of nitrogens with zero attached hydrogens (tertiary/aromatic N) is 1. The average Bonchev–Trinajstić information content (AvgIpc) is 2.62. The lowest BCUT2D eigenvalue weighted by atomic mass is 10.1. The molecule has 0 spiro atoms. The van der Waals surface area contributed by atoms with Gasteiger partial charge in [-0.15, -0.1) is 0 Å². The van der Waals surface area contributed by atoms with Crippen molar-refractivity contribution < 1.29 is 4.74 Å². The molecule has 1 heterocycles. The van der Waals surface area contributed by atoms with Crippen LogP contribution >= 0.6 is 0 Å². The number of rotatable bonds is 6. The highest BCUT2D eigenvalue weighted by Gasteiger charge is 2.09. The third-order valence-corrected chi connectivity index (χ3v) is 4.27. The molecular formula is C21H26N2O. The molecule has 24 heavy (non-hydrogen) atoms. The summed E-state index contributed by atoms with van der Waals surface area (Å²) in [4.78, 5) is 2.50. The van der Waals surface area contributed by atoms with E-state index in [-0.39, 0.29) is 0 Å². The molecule has 3 heteroatoms. The Morgan fingerprint density at radius 3 is 2.42 bits per heavy atom. The van der Waals surface area contributed by atoms with Gasteiger partial charge in [0, 0.05) is 32.7 Å². The van der Waals surface area contributed by atoms with E-state index in [1.54, 1.807) is 0 Å². The monoisotopic (exact) mass is 322 g/mol. The molecule has 3 rings (SSSR count). The number of benzene rings is 2. The van der Waals surface area contributed by atoms with E-state index in [0.29, 0.717) is 6.61 Å². The Morgan fingerprint density at radius 2 is 1.71 bits per heavy atom. The summed E-state index contributed by atoms with van der Waals surface area (Å²) in [6, 6.07) is 17.0. The van der Waals surface area contributed by atoms with Gasteiger partial charge in [-0.25, -0.2) is 0 Å². The highest BCUT2D eigenvalue weighted by Crippen LogP contribution is 2.12. The van der Waals surface area contributed by atoms with Gasteiger partial charge in [-0.05, 0) is 36.3 Å². The van der Waals surface area contributed by atoms with Crippen LogP contribution in [0, 0.1) is 6.92 Å². The highest BCUT2D eigenvalue weighted by molar-refractivity contribution is 5.49. The molecule has 1 N–H and O–H groups in total. The maximum atomic E-state index is 5.71. The van der Waals surface area contributed by atoms with Crippen molar-refractivity contribution in [1.82, 2.24) is 10.2 Å². The molecule has 0 radical (unpaired) electrons. The van der Waals surface area contributed by atoms with Gasteiger partial charge in [-0.3, -0.25) is 4.90 Å². The van der Waals surface area contributed by atoms with Crippen LogP contribution in [0.5, 0.6) is 5.75 Å². The van der Waals surface area contributed by atoms with Crippen LogP contribution in [0.15, 0.2) is 54.6 Å². The Morgan fingerprint density at radius 1 is 1.00 bits per heavy atom. The van der Waals surface area contributed by atoms with Crippen molar-refractivity contribution in [3.63, 3.8) is 0 Å². The lowest BCUT2D eigenvalue weighted by Crippen LogP contribution is -2.42. The summed E-state index contributed by atoms with van der Waals surface area (Å²) in [5.74, 6) is 0.914. The van der Waals surface area contributed by atoms with Crippen LogP contribution in [0.1, 0.15) is 16.7 Å². The molecule has 0 amide bonds. The summed E-state index contributed by atoms with van der Waals surface area (Å²) in [7, 11) is 0. The van der Waals surface area contributed by atoms with Crippen LogP contribution in [-0.2, 0) is 6.54 Å². The Hall–Kier alpha value is -2.10. The predicted molar refractivity (Wildman–Crippen MR) is 100 cm³/mol. The fraction of sp³-hybridized carbons (Fsp3) is 0.333. The molecule has 3 nitrogen and oxygen atoms in total. The summed E-state index contributed by atoms with van der Waals surface area (Å²) in [5.41, 5.74) is 3.84. The lowest BCUT2D eigenvalue weighted by molar-refractivity contribution is 0.233. The SMILES string of the molecule is Cc1ccc(OCC=Cc2ccc(CN3CCNCC3)cc2)cc1. The first kappa shape index (κ1) is 16.7. The van der Waals surface area contributed by atoms with Gasteiger partial charge in [0.1, 0.15) is 12.4 Å². The maximum absolute atomic E-state index is 5.71. The smallest absolute Gasteiger partial charge is 0.119 e. The van der Waals surface area contributed by atoms with E-state index >= 15 is 0 Å². The number of hydrogen-bond donors (Lipinski definition) is 1. The molecule has 0 unspecified atom stereocenters. The standard InChI is InChI=1S/C21H26N2O/c1-18-4-10-21(11-5-18)24-16-2-3-19-6-8-20(9-7-19)17-23-14-12-22-13-15-23/h2-11,22H,12-17H2,1H3. The molecular weight excluding hydrogens is 296 g/mol. The fourth-order valence-corrected chi connectivity index (χ4v) is 2.82. The minimum Gasteiger partial charge on any atom is -0.490 e. The molecule has 1 saturated heterocycles. The van der Waals surface area contributed by atoms with E-state index in [9.17, 15) is 0 Å². The van der Waals surface area contributed by atoms with Crippen molar-refractivity contribution >= 4 is 6.08 Å². The minimum absolute atomic E-state index is 0.589. The second-order valence-corrected chi connectivity index (χ2v) is 6.29. The molecule has 2 aromatic carbocycles. The van der Waals surface area contributed by atoms with Gasteiger partial charge in [-0.2, -0.15) is 0 Å². The largest absolute Gasteiger partial charge is 0.490 e. The summed E-state index contributed by atoms with van der Waals surface area (Å²) < 4.78 is 5.71. The zero-order chi connectivity index (χ0) is 16.6. The van der Waals surface area contributed by atoms with Gasteiger partial charge < -0.3 is 10.1 Å². The second-order valence-electron chi connectivity index (χ2n) is 6.29. The van der Waals surface area contributed by atoms with E-state index < -0.39 is 0 Å². The van der Waals surface area contributed by atoms with Crippen molar-refractivity contribution in [2.24, 2.45) is 0 Å². The zero-order valence-electron chi connectivity index (χ0n) is 14.4. The van der Waals surface area contributed by atoms with Gasteiger partial charge in [-0.1, -0.05) is 48.0 Å². The zero-order valence-corrected chi connectivity index (χ0v) is 14.4. The first-order valence-electron chi connectivity index (χ1n) is 8.68. The predicted octanol–water partition coefficient (Wildman–Crippen LogP) is 3.49. The molecule has 0 saturated carbocycles. The molecule has 2 aromatic rings. The topological polar surface area (TPSA) is 24.5 Å². The van der Waals surface area contributed by atoms with Crippen molar-refractivity contribution in [2.45, 2.75) is 13.5 Å². The highest BCUT2D eigenvalue weighted by atomic mass is 16.5. The average molecular weight is 322 g/mol. The van der Waals surface area contributed by atoms with Crippen LogP contribution in [0.2, 0.25) is 0 Å². The Bertz CT molecular complexity index is 641. The molecule has 0 aliphatic carbocycles. The van der Waals surface area contributed by atoms with E-state index in [0.717, 1.165) is 38.5 Å². The maximum Gasteiger partial charge on any atom is 0.119 e. The molecule has 1 fully saturated rings. The van der Waals surface area contributed by atoms with Crippen LogP contribution in [-0.4, -0.2) is 37.7 Å².